The summed E-state index contributed by atoms with van der Waals surface area (Å²) in [5.74, 6) is 0.570. The molecule has 0 aliphatic heterocycles. The molecule has 2 aromatic heterocycles. The first kappa shape index (κ1) is 19.5. The van der Waals surface area contributed by atoms with E-state index in [-0.39, 0.29) is 24.4 Å². The second-order valence-electron chi connectivity index (χ2n) is 7.12. The summed E-state index contributed by atoms with van der Waals surface area (Å²) in [6.45, 7) is 4.01. The van der Waals surface area contributed by atoms with Crippen LogP contribution >= 0.6 is 0 Å². The summed E-state index contributed by atoms with van der Waals surface area (Å²) in [6, 6.07) is 14.5. The minimum absolute atomic E-state index is 0.128. The Kier molecular flexibility index (Phi) is 5.38. The quantitative estimate of drug-likeness (QED) is 0.531. The Balaban J connectivity index is 1.38. The van der Waals surface area contributed by atoms with Crippen LogP contribution in [-0.4, -0.2) is 25.6 Å². The molecule has 0 spiro atoms. The number of benzene rings is 2. The van der Waals surface area contributed by atoms with Crippen LogP contribution in [0.3, 0.4) is 0 Å². The van der Waals surface area contributed by atoms with Crippen LogP contribution in [0.25, 0.3) is 22.3 Å². The van der Waals surface area contributed by atoms with Crippen molar-refractivity contribution in [2.24, 2.45) is 0 Å². The van der Waals surface area contributed by atoms with Crippen molar-refractivity contribution in [1.29, 1.82) is 0 Å². The highest BCUT2D eigenvalue weighted by molar-refractivity contribution is 5.77. The molecule has 2 heterocycles. The van der Waals surface area contributed by atoms with Crippen LogP contribution in [0.15, 0.2) is 64.2 Å². The largest absolute Gasteiger partial charge is 0.345 e. The van der Waals surface area contributed by atoms with E-state index in [1.165, 1.54) is 10.9 Å². The highest BCUT2D eigenvalue weighted by Gasteiger charge is 2.17. The smallest absolute Gasteiger partial charge is 0.261 e. The van der Waals surface area contributed by atoms with E-state index in [1.54, 1.807) is 25.1 Å². The third kappa shape index (κ3) is 4.12. The molecule has 8 nitrogen and oxygen atoms in total. The van der Waals surface area contributed by atoms with Gasteiger partial charge >= 0.3 is 0 Å². The molecule has 4 aromatic rings. The van der Waals surface area contributed by atoms with Gasteiger partial charge in [-0.15, -0.1) is 0 Å². The van der Waals surface area contributed by atoms with Crippen molar-refractivity contribution in [2.75, 3.05) is 0 Å². The van der Waals surface area contributed by atoms with E-state index in [0.717, 1.165) is 11.1 Å². The number of fused-ring (bicyclic) bond motifs is 1. The van der Waals surface area contributed by atoms with Crippen LogP contribution < -0.4 is 10.9 Å². The molecule has 1 N–H and O–H groups in total. The van der Waals surface area contributed by atoms with Gasteiger partial charge in [0.05, 0.1) is 17.2 Å². The third-order valence-corrected chi connectivity index (χ3v) is 4.81. The number of carbonyl (C=O) groups is 1. The van der Waals surface area contributed by atoms with Crippen molar-refractivity contribution >= 4 is 16.8 Å². The Bertz CT molecular complexity index is 1240. The maximum absolute atomic E-state index is 12.5. The van der Waals surface area contributed by atoms with E-state index >= 15 is 0 Å². The zero-order chi connectivity index (χ0) is 21.1. The van der Waals surface area contributed by atoms with Gasteiger partial charge in [0, 0.05) is 18.5 Å². The number of nitrogens with zero attached hydrogens (tertiary/aromatic N) is 4. The average molecular weight is 403 g/mol. The molecule has 0 bridgehead atoms. The van der Waals surface area contributed by atoms with Gasteiger partial charge in [-0.3, -0.25) is 14.2 Å². The van der Waals surface area contributed by atoms with Gasteiger partial charge in [-0.2, -0.15) is 4.98 Å². The number of carbonyl (C=O) groups excluding carboxylic acids is 1. The molecule has 0 unspecified atom stereocenters. The molecule has 4 rings (SSSR count). The lowest BCUT2D eigenvalue weighted by Crippen LogP contribution is -2.29. The van der Waals surface area contributed by atoms with E-state index in [1.807, 2.05) is 37.3 Å². The molecule has 0 saturated carbocycles. The van der Waals surface area contributed by atoms with Gasteiger partial charge in [0.1, 0.15) is 6.04 Å². The second kappa shape index (κ2) is 8.28. The first-order chi connectivity index (χ1) is 14.5. The number of hydrogen-bond acceptors (Lipinski definition) is 6. The predicted octanol–water partition coefficient (Wildman–Crippen LogP) is 3.02. The Morgan fingerprint density at radius 1 is 1.17 bits per heavy atom. The summed E-state index contributed by atoms with van der Waals surface area (Å²) < 4.78 is 6.74. The number of nitrogens with one attached hydrogen (secondary N) is 1. The lowest BCUT2D eigenvalue weighted by molar-refractivity contribution is -0.122. The Labute approximate surface area is 172 Å². The van der Waals surface area contributed by atoms with Gasteiger partial charge in [0.15, 0.2) is 0 Å². The molecule has 1 amide bonds. The molecule has 1 atom stereocenters. The number of rotatable bonds is 6. The SMILES string of the molecule is Cc1ccc(-c2noc([C@H](C)NC(=O)CCn3cnc4ccccc4c3=O)n2)cc1. The fourth-order valence-electron chi connectivity index (χ4n) is 3.09. The fraction of sp³-hybridized carbons (Fsp3) is 0.227. The van der Waals surface area contributed by atoms with Gasteiger partial charge < -0.3 is 9.84 Å². The summed E-state index contributed by atoms with van der Waals surface area (Å²) in [5.41, 5.74) is 2.46. The van der Waals surface area contributed by atoms with Crippen LogP contribution in [0, 0.1) is 6.92 Å². The minimum atomic E-state index is -0.448. The molecular formula is C22H21N5O3. The highest BCUT2D eigenvalue weighted by atomic mass is 16.5. The summed E-state index contributed by atoms with van der Waals surface area (Å²) in [7, 11) is 0. The third-order valence-electron chi connectivity index (χ3n) is 4.81. The average Bonchev–Trinajstić information content (AvgIpc) is 3.24. The molecule has 0 aliphatic carbocycles. The monoisotopic (exact) mass is 403 g/mol. The zero-order valence-electron chi connectivity index (χ0n) is 16.7. The van der Waals surface area contributed by atoms with E-state index in [4.69, 9.17) is 4.52 Å². The molecule has 0 fully saturated rings. The Morgan fingerprint density at radius 3 is 2.73 bits per heavy atom. The van der Waals surface area contributed by atoms with Crippen LogP contribution in [0.5, 0.6) is 0 Å². The molecular weight excluding hydrogens is 382 g/mol. The number of amides is 1. The van der Waals surface area contributed by atoms with E-state index < -0.39 is 6.04 Å². The Morgan fingerprint density at radius 2 is 1.93 bits per heavy atom. The standard InChI is InChI=1S/C22H21N5O3/c1-14-7-9-16(10-8-14)20-25-21(30-26-20)15(2)24-19(28)11-12-27-13-23-18-6-4-3-5-17(18)22(27)29/h3-10,13,15H,11-12H2,1-2H3,(H,24,28)/t15-/m0/s1. The van der Waals surface area contributed by atoms with Crippen molar-refractivity contribution in [1.82, 2.24) is 25.0 Å². The maximum Gasteiger partial charge on any atom is 0.261 e. The molecule has 152 valence electrons. The predicted molar refractivity (Wildman–Crippen MR) is 112 cm³/mol. The molecule has 0 saturated heterocycles. The summed E-state index contributed by atoms with van der Waals surface area (Å²) >= 11 is 0. The first-order valence-corrected chi connectivity index (χ1v) is 9.65. The zero-order valence-corrected chi connectivity index (χ0v) is 16.7. The van der Waals surface area contributed by atoms with E-state index in [0.29, 0.717) is 22.6 Å². The van der Waals surface area contributed by atoms with Crippen LogP contribution in [0.2, 0.25) is 0 Å². The van der Waals surface area contributed by atoms with Gasteiger partial charge in [0.2, 0.25) is 17.6 Å². The molecule has 30 heavy (non-hydrogen) atoms. The van der Waals surface area contributed by atoms with Crippen molar-refractivity contribution in [2.45, 2.75) is 32.9 Å². The van der Waals surface area contributed by atoms with Crippen LogP contribution in [-0.2, 0) is 11.3 Å². The van der Waals surface area contributed by atoms with Gasteiger partial charge in [-0.25, -0.2) is 4.98 Å². The van der Waals surface area contributed by atoms with Crippen molar-refractivity contribution in [3.05, 3.63) is 76.7 Å². The van der Waals surface area contributed by atoms with Crippen molar-refractivity contribution in [3.8, 4) is 11.4 Å². The first-order valence-electron chi connectivity index (χ1n) is 9.65. The molecule has 0 radical (unpaired) electrons. The number of hydrogen-bond donors (Lipinski definition) is 1. The van der Waals surface area contributed by atoms with Crippen molar-refractivity contribution in [3.63, 3.8) is 0 Å². The summed E-state index contributed by atoms with van der Waals surface area (Å²) in [5, 5.41) is 7.34. The summed E-state index contributed by atoms with van der Waals surface area (Å²) in [4.78, 5) is 33.5. The summed E-state index contributed by atoms with van der Waals surface area (Å²) in [6.07, 6.45) is 1.59. The number of aromatic nitrogens is 4. The lowest BCUT2D eigenvalue weighted by atomic mass is 10.1. The van der Waals surface area contributed by atoms with Crippen LogP contribution in [0.4, 0.5) is 0 Å². The van der Waals surface area contributed by atoms with Crippen molar-refractivity contribution < 1.29 is 9.32 Å². The molecule has 2 aromatic carbocycles. The maximum atomic E-state index is 12.5. The van der Waals surface area contributed by atoms with Gasteiger partial charge in [-0.05, 0) is 26.0 Å². The second-order valence-corrected chi connectivity index (χ2v) is 7.12. The lowest BCUT2D eigenvalue weighted by Gasteiger charge is -2.10. The Hall–Kier alpha value is -3.81. The van der Waals surface area contributed by atoms with Gasteiger partial charge in [0.25, 0.3) is 5.56 Å². The fourth-order valence-corrected chi connectivity index (χ4v) is 3.09. The van der Waals surface area contributed by atoms with Gasteiger partial charge in [-0.1, -0.05) is 47.1 Å². The number of aryl methyl sites for hydroxylation is 2. The molecule has 8 heteroatoms. The highest BCUT2D eigenvalue weighted by Crippen LogP contribution is 2.19. The number of para-hydroxylation sites is 1. The van der Waals surface area contributed by atoms with E-state index in [9.17, 15) is 9.59 Å². The minimum Gasteiger partial charge on any atom is -0.345 e. The topological polar surface area (TPSA) is 103 Å². The van der Waals surface area contributed by atoms with Crippen LogP contribution in [0.1, 0.15) is 30.8 Å². The molecule has 0 aliphatic rings. The normalized spacial score (nSPS) is 12.1. The van der Waals surface area contributed by atoms with E-state index in [2.05, 4.69) is 20.4 Å².